The standard InChI is InChI=1S/C16H25NO2/c1-3-5-6-7-8-13-16(18)17-14-11-9-10-12-15(14)19-4-2/h9-12H,3-8,13H2,1-2H3,(H,17,18). The van der Waals surface area contributed by atoms with E-state index in [-0.39, 0.29) is 5.91 Å². The predicted octanol–water partition coefficient (Wildman–Crippen LogP) is 4.38. The minimum Gasteiger partial charge on any atom is -0.492 e. The lowest BCUT2D eigenvalue weighted by molar-refractivity contribution is -0.116. The van der Waals surface area contributed by atoms with E-state index in [2.05, 4.69) is 12.2 Å². The second-order valence-electron chi connectivity index (χ2n) is 4.64. The maximum absolute atomic E-state index is 11.8. The molecule has 106 valence electrons. The summed E-state index contributed by atoms with van der Waals surface area (Å²) in [7, 11) is 0. The van der Waals surface area contributed by atoms with E-state index >= 15 is 0 Å². The van der Waals surface area contributed by atoms with Gasteiger partial charge in [-0.1, -0.05) is 44.7 Å². The van der Waals surface area contributed by atoms with Gasteiger partial charge in [0.2, 0.25) is 5.91 Å². The zero-order chi connectivity index (χ0) is 13.9. The van der Waals surface area contributed by atoms with E-state index in [1.54, 1.807) is 0 Å². The van der Waals surface area contributed by atoms with Crippen LogP contribution in [0, 0.1) is 0 Å². The Morgan fingerprint density at radius 1 is 1.11 bits per heavy atom. The number of unbranched alkanes of at least 4 members (excludes halogenated alkanes) is 4. The zero-order valence-corrected chi connectivity index (χ0v) is 12.1. The quantitative estimate of drug-likeness (QED) is 0.671. The van der Waals surface area contributed by atoms with Crippen LogP contribution in [0.5, 0.6) is 5.75 Å². The van der Waals surface area contributed by atoms with Gasteiger partial charge in [0.1, 0.15) is 5.75 Å². The number of rotatable bonds is 9. The lowest BCUT2D eigenvalue weighted by Crippen LogP contribution is -2.12. The van der Waals surface area contributed by atoms with Gasteiger partial charge in [0.15, 0.2) is 0 Å². The molecule has 0 spiro atoms. The number of amides is 1. The third-order valence-corrected chi connectivity index (χ3v) is 2.97. The summed E-state index contributed by atoms with van der Waals surface area (Å²) in [5.41, 5.74) is 0.767. The lowest BCUT2D eigenvalue weighted by Gasteiger charge is -2.11. The third-order valence-electron chi connectivity index (χ3n) is 2.97. The Kier molecular flexibility index (Phi) is 7.71. The largest absolute Gasteiger partial charge is 0.492 e. The SMILES string of the molecule is CCCCCCCC(=O)Nc1ccccc1OCC. The molecule has 0 fully saturated rings. The zero-order valence-electron chi connectivity index (χ0n) is 12.1. The summed E-state index contributed by atoms with van der Waals surface area (Å²) in [5.74, 6) is 0.813. The molecule has 0 bridgehead atoms. The number of benzene rings is 1. The van der Waals surface area contributed by atoms with Crippen LogP contribution < -0.4 is 10.1 Å². The molecule has 0 saturated heterocycles. The molecule has 1 N–H and O–H groups in total. The van der Waals surface area contributed by atoms with E-state index < -0.39 is 0 Å². The molecule has 1 rings (SSSR count). The van der Waals surface area contributed by atoms with Gasteiger partial charge in [-0.05, 0) is 25.5 Å². The molecule has 1 amide bonds. The molecule has 1 aromatic rings. The van der Waals surface area contributed by atoms with E-state index in [0.29, 0.717) is 13.0 Å². The summed E-state index contributed by atoms with van der Waals surface area (Å²) in [6, 6.07) is 7.56. The highest BCUT2D eigenvalue weighted by atomic mass is 16.5. The first-order chi connectivity index (χ1) is 9.27. The highest BCUT2D eigenvalue weighted by molar-refractivity contribution is 5.92. The van der Waals surface area contributed by atoms with E-state index in [9.17, 15) is 4.79 Å². The molecule has 0 saturated carbocycles. The minimum absolute atomic E-state index is 0.0728. The van der Waals surface area contributed by atoms with Crippen molar-refractivity contribution < 1.29 is 9.53 Å². The van der Waals surface area contributed by atoms with Crippen LogP contribution in [0.2, 0.25) is 0 Å². The van der Waals surface area contributed by atoms with Gasteiger partial charge < -0.3 is 10.1 Å². The molecule has 0 atom stereocenters. The van der Waals surface area contributed by atoms with E-state index in [1.165, 1.54) is 19.3 Å². The number of hydrogen-bond donors (Lipinski definition) is 1. The van der Waals surface area contributed by atoms with Gasteiger partial charge in [-0.25, -0.2) is 0 Å². The van der Waals surface area contributed by atoms with Crippen molar-refractivity contribution in [1.29, 1.82) is 0 Å². The van der Waals surface area contributed by atoms with E-state index in [1.807, 2.05) is 31.2 Å². The van der Waals surface area contributed by atoms with Crippen molar-refractivity contribution in [2.75, 3.05) is 11.9 Å². The van der Waals surface area contributed by atoms with Gasteiger partial charge >= 0.3 is 0 Å². The Balaban J connectivity index is 2.35. The summed E-state index contributed by atoms with van der Waals surface area (Å²) in [6.07, 6.45) is 6.39. The van der Waals surface area contributed by atoms with Crippen molar-refractivity contribution in [3.63, 3.8) is 0 Å². The molecule has 0 aliphatic rings. The van der Waals surface area contributed by atoms with Crippen LogP contribution in [0.4, 0.5) is 5.69 Å². The summed E-state index contributed by atoms with van der Waals surface area (Å²) in [6.45, 7) is 4.73. The Morgan fingerprint density at radius 3 is 2.58 bits per heavy atom. The van der Waals surface area contributed by atoms with Crippen LogP contribution in [-0.4, -0.2) is 12.5 Å². The molecule has 0 radical (unpaired) electrons. The summed E-state index contributed by atoms with van der Waals surface area (Å²) < 4.78 is 5.48. The number of carbonyl (C=O) groups excluding carboxylic acids is 1. The molecule has 3 heteroatoms. The topological polar surface area (TPSA) is 38.3 Å². The molecule has 19 heavy (non-hydrogen) atoms. The molecule has 0 heterocycles. The molecule has 0 aromatic heterocycles. The monoisotopic (exact) mass is 263 g/mol. The summed E-state index contributed by atoms with van der Waals surface area (Å²) in [5, 5.41) is 2.92. The van der Waals surface area contributed by atoms with Crippen molar-refractivity contribution in [3.05, 3.63) is 24.3 Å². The molecule has 1 aromatic carbocycles. The average Bonchev–Trinajstić information content (AvgIpc) is 2.41. The van der Waals surface area contributed by atoms with Crippen LogP contribution in [0.1, 0.15) is 52.4 Å². The fourth-order valence-electron chi connectivity index (χ4n) is 1.95. The fourth-order valence-corrected chi connectivity index (χ4v) is 1.95. The highest BCUT2D eigenvalue weighted by Crippen LogP contribution is 2.23. The van der Waals surface area contributed by atoms with E-state index in [4.69, 9.17) is 4.74 Å². The van der Waals surface area contributed by atoms with Crippen LogP contribution in [0.3, 0.4) is 0 Å². The van der Waals surface area contributed by atoms with Gasteiger partial charge in [0, 0.05) is 6.42 Å². The lowest BCUT2D eigenvalue weighted by atomic mass is 10.1. The fraction of sp³-hybridized carbons (Fsp3) is 0.562. The Labute approximate surface area is 116 Å². The van der Waals surface area contributed by atoms with Crippen molar-refractivity contribution in [1.82, 2.24) is 0 Å². The van der Waals surface area contributed by atoms with Crippen molar-refractivity contribution in [3.8, 4) is 5.75 Å². The van der Waals surface area contributed by atoms with Gasteiger partial charge in [0.25, 0.3) is 0 Å². The van der Waals surface area contributed by atoms with Crippen molar-refractivity contribution in [2.24, 2.45) is 0 Å². The van der Waals surface area contributed by atoms with Crippen molar-refractivity contribution >= 4 is 11.6 Å². The van der Waals surface area contributed by atoms with E-state index in [0.717, 1.165) is 24.3 Å². The molecule has 3 nitrogen and oxygen atoms in total. The number of carbonyl (C=O) groups is 1. The minimum atomic E-state index is 0.0728. The predicted molar refractivity (Wildman–Crippen MR) is 79.6 cm³/mol. The average molecular weight is 263 g/mol. The molecule has 0 unspecified atom stereocenters. The number of hydrogen-bond acceptors (Lipinski definition) is 2. The van der Waals surface area contributed by atoms with Gasteiger partial charge in [-0.2, -0.15) is 0 Å². The Hall–Kier alpha value is -1.51. The first kappa shape index (κ1) is 15.5. The normalized spacial score (nSPS) is 10.2. The second-order valence-corrected chi connectivity index (χ2v) is 4.64. The second kappa shape index (κ2) is 9.42. The smallest absolute Gasteiger partial charge is 0.224 e. The third kappa shape index (κ3) is 6.27. The maximum atomic E-state index is 11.8. The van der Waals surface area contributed by atoms with Crippen LogP contribution in [0.15, 0.2) is 24.3 Å². The van der Waals surface area contributed by atoms with Crippen molar-refractivity contribution in [2.45, 2.75) is 52.4 Å². The molecular weight excluding hydrogens is 238 g/mol. The van der Waals surface area contributed by atoms with Gasteiger partial charge in [-0.3, -0.25) is 4.79 Å². The number of ether oxygens (including phenoxy) is 1. The number of anilines is 1. The van der Waals surface area contributed by atoms with Crippen LogP contribution in [-0.2, 0) is 4.79 Å². The van der Waals surface area contributed by atoms with Gasteiger partial charge in [0.05, 0.1) is 12.3 Å². The van der Waals surface area contributed by atoms with Crippen LogP contribution in [0.25, 0.3) is 0 Å². The number of nitrogens with one attached hydrogen (secondary N) is 1. The van der Waals surface area contributed by atoms with Crippen LogP contribution >= 0.6 is 0 Å². The molecule has 0 aliphatic heterocycles. The highest BCUT2D eigenvalue weighted by Gasteiger charge is 2.06. The number of para-hydroxylation sites is 2. The summed E-state index contributed by atoms with van der Waals surface area (Å²) in [4.78, 5) is 11.8. The Morgan fingerprint density at radius 2 is 1.84 bits per heavy atom. The molecular formula is C16H25NO2. The first-order valence-corrected chi connectivity index (χ1v) is 7.29. The first-order valence-electron chi connectivity index (χ1n) is 7.29. The maximum Gasteiger partial charge on any atom is 0.224 e. The Bertz CT molecular complexity index is 377. The van der Waals surface area contributed by atoms with Gasteiger partial charge in [-0.15, -0.1) is 0 Å². The summed E-state index contributed by atoms with van der Waals surface area (Å²) >= 11 is 0. The molecule has 0 aliphatic carbocycles.